The first-order valence-corrected chi connectivity index (χ1v) is 10.8. The fraction of sp³-hybridized carbons (Fsp3) is 0.208. The maximum Gasteiger partial charge on any atom is 0.339 e. The van der Waals surface area contributed by atoms with Gasteiger partial charge >= 0.3 is 5.97 Å². The monoisotopic (exact) mass is 418 g/mol. The van der Waals surface area contributed by atoms with Crippen molar-refractivity contribution in [3.05, 3.63) is 76.1 Å². The van der Waals surface area contributed by atoms with E-state index in [0.29, 0.717) is 12.1 Å². The van der Waals surface area contributed by atoms with E-state index in [1.807, 2.05) is 35.7 Å². The first kappa shape index (κ1) is 20.0. The second-order valence-electron chi connectivity index (χ2n) is 7.04. The lowest BCUT2D eigenvalue weighted by atomic mass is 9.86. The summed E-state index contributed by atoms with van der Waals surface area (Å²) in [6, 6.07) is 11.7. The summed E-state index contributed by atoms with van der Waals surface area (Å²) in [6.45, 7) is 3.57. The number of nitrogens with one attached hydrogen (secondary N) is 1. The summed E-state index contributed by atoms with van der Waals surface area (Å²) in [7, 11) is 0. The predicted octanol–water partition coefficient (Wildman–Crippen LogP) is 4.63. The molecular formula is C24H22N2O3S. The van der Waals surface area contributed by atoms with Gasteiger partial charge in [-0.05, 0) is 54.0 Å². The number of para-hydroxylation sites is 1. The van der Waals surface area contributed by atoms with Crippen LogP contribution in [-0.2, 0) is 16.0 Å². The largest absolute Gasteiger partial charge is 0.452 e. The van der Waals surface area contributed by atoms with Gasteiger partial charge in [0.25, 0.3) is 5.91 Å². The van der Waals surface area contributed by atoms with Gasteiger partial charge < -0.3 is 10.1 Å². The minimum absolute atomic E-state index is 0.323. The molecule has 1 aromatic carbocycles. The third kappa shape index (κ3) is 4.19. The van der Waals surface area contributed by atoms with Crippen molar-refractivity contribution < 1.29 is 14.3 Å². The van der Waals surface area contributed by atoms with E-state index >= 15 is 0 Å². The van der Waals surface area contributed by atoms with Crippen LogP contribution >= 0.6 is 11.3 Å². The summed E-state index contributed by atoms with van der Waals surface area (Å²) in [5, 5.41) is 5.42. The van der Waals surface area contributed by atoms with Crippen molar-refractivity contribution in [1.29, 1.82) is 0 Å². The van der Waals surface area contributed by atoms with Crippen molar-refractivity contribution in [1.82, 2.24) is 10.3 Å². The second kappa shape index (κ2) is 9.05. The molecule has 3 aromatic rings. The van der Waals surface area contributed by atoms with Gasteiger partial charge in [0, 0.05) is 16.8 Å². The quantitative estimate of drug-likeness (QED) is 0.468. The minimum Gasteiger partial charge on any atom is -0.452 e. The normalized spacial score (nSPS) is 14.3. The SMILES string of the molecule is C=CCNC(=O)COC(=O)c1c2c(nc3ccccc13)C(=Cc1cccs1)CCC2. The number of benzene rings is 1. The van der Waals surface area contributed by atoms with Crippen molar-refractivity contribution in [2.24, 2.45) is 0 Å². The molecular weight excluding hydrogens is 396 g/mol. The van der Waals surface area contributed by atoms with E-state index in [9.17, 15) is 9.59 Å². The summed E-state index contributed by atoms with van der Waals surface area (Å²) in [4.78, 5) is 31.0. The summed E-state index contributed by atoms with van der Waals surface area (Å²) < 4.78 is 5.37. The smallest absolute Gasteiger partial charge is 0.339 e. The average molecular weight is 419 g/mol. The van der Waals surface area contributed by atoms with Gasteiger partial charge in [0.2, 0.25) is 0 Å². The van der Waals surface area contributed by atoms with Gasteiger partial charge in [-0.1, -0.05) is 30.3 Å². The van der Waals surface area contributed by atoms with Crippen LogP contribution in [0.3, 0.4) is 0 Å². The van der Waals surface area contributed by atoms with Crippen LogP contribution in [-0.4, -0.2) is 30.0 Å². The van der Waals surface area contributed by atoms with E-state index in [0.717, 1.165) is 51.9 Å². The van der Waals surface area contributed by atoms with E-state index in [1.54, 1.807) is 17.4 Å². The Bertz CT molecular complexity index is 1130. The minimum atomic E-state index is -0.490. The summed E-state index contributed by atoms with van der Waals surface area (Å²) in [5.74, 6) is -0.843. The molecule has 0 aliphatic heterocycles. The molecule has 2 aromatic heterocycles. The van der Waals surface area contributed by atoms with Crippen molar-refractivity contribution in [3.8, 4) is 0 Å². The lowest BCUT2D eigenvalue weighted by molar-refractivity contribution is -0.124. The molecule has 0 spiro atoms. The number of thiophene rings is 1. The molecule has 6 heteroatoms. The fourth-order valence-corrected chi connectivity index (χ4v) is 4.38. The van der Waals surface area contributed by atoms with Crippen LogP contribution in [0, 0.1) is 0 Å². The number of hydrogen-bond acceptors (Lipinski definition) is 5. The molecule has 0 radical (unpaired) electrons. The third-order valence-electron chi connectivity index (χ3n) is 5.01. The topological polar surface area (TPSA) is 68.3 Å². The number of rotatable bonds is 6. The van der Waals surface area contributed by atoms with E-state index in [1.165, 1.54) is 0 Å². The molecule has 152 valence electrons. The molecule has 1 aliphatic rings. The molecule has 0 unspecified atom stereocenters. The highest BCUT2D eigenvalue weighted by molar-refractivity contribution is 7.10. The lowest BCUT2D eigenvalue weighted by Gasteiger charge is -2.22. The maximum atomic E-state index is 13.1. The molecule has 0 bridgehead atoms. The standard InChI is InChI=1S/C24H22N2O3S/c1-2-12-25-21(27)15-29-24(28)22-18-9-3-4-11-20(18)26-23-16(7-5-10-19(22)23)14-17-8-6-13-30-17/h2-4,6,8-9,11,13-14H,1,5,7,10,12,15H2,(H,25,27). The third-order valence-corrected chi connectivity index (χ3v) is 5.83. The number of esters is 1. The van der Waals surface area contributed by atoms with E-state index < -0.39 is 5.97 Å². The summed E-state index contributed by atoms with van der Waals surface area (Å²) >= 11 is 1.68. The first-order chi connectivity index (χ1) is 14.7. The second-order valence-corrected chi connectivity index (χ2v) is 8.02. The Labute approximate surface area is 179 Å². The number of fused-ring (bicyclic) bond motifs is 2. The Hall–Kier alpha value is -3.25. The van der Waals surface area contributed by atoms with Gasteiger partial charge in [-0.15, -0.1) is 17.9 Å². The molecule has 0 atom stereocenters. The number of carbonyl (C=O) groups excluding carboxylic acids is 2. The van der Waals surface area contributed by atoms with E-state index in [-0.39, 0.29) is 12.5 Å². The fourth-order valence-electron chi connectivity index (χ4n) is 3.69. The van der Waals surface area contributed by atoms with Crippen LogP contribution in [0.15, 0.2) is 54.4 Å². The Morgan fingerprint density at radius 1 is 1.20 bits per heavy atom. The van der Waals surface area contributed by atoms with Gasteiger partial charge in [0.1, 0.15) is 0 Å². The highest BCUT2D eigenvalue weighted by Gasteiger charge is 2.26. The number of aromatic nitrogens is 1. The van der Waals surface area contributed by atoms with E-state index in [4.69, 9.17) is 9.72 Å². The number of pyridine rings is 1. The molecule has 0 saturated heterocycles. The predicted molar refractivity (Wildman–Crippen MR) is 120 cm³/mol. The van der Waals surface area contributed by atoms with Crippen LogP contribution in [0.5, 0.6) is 0 Å². The van der Waals surface area contributed by atoms with Gasteiger partial charge in [0.15, 0.2) is 6.61 Å². The number of carbonyl (C=O) groups is 2. The van der Waals surface area contributed by atoms with E-state index in [2.05, 4.69) is 24.0 Å². The zero-order valence-corrected chi connectivity index (χ0v) is 17.3. The Balaban J connectivity index is 1.74. The number of allylic oxidation sites excluding steroid dienone is 1. The molecule has 0 saturated carbocycles. The average Bonchev–Trinajstić information content (AvgIpc) is 3.28. The molecule has 2 heterocycles. The molecule has 1 N–H and O–H groups in total. The number of nitrogens with zero attached hydrogens (tertiary/aromatic N) is 1. The van der Waals surface area contributed by atoms with Crippen molar-refractivity contribution in [2.75, 3.05) is 13.2 Å². The molecule has 5 nitrogen and oxygen atoms in total. The van der Waals surface area contributed by atoms with Crippen LogP contribution in [0.2, 0.25) is 0 Å². The van der Waals surface area contributed by atoms with Gasteiger partial charge in [0.05, 0.1) is 16.8 Å². The zero-order valence-electron chi connectivity index (χ0n) is 16.5. The number of ether oxygens (including phenoxy) is 1. The van der Waals surface area contributed by atoms with Gasteiger partial charge in [-0.3, -0.25) is 4.79 Å². The zero-order chi connectivity index (χ0) is 20.9. The lowest BCUT2D eigenvalue weighted by Crippen LogP contribution is -2.29. The first-order valence-electron chi connectivity index (χ1n) is 9.88. The summed E-state index contributed by atoms with van der Waals surface area (Å²) in [5.41, 5.74) is 4.15. The molecule has 0 fully saturated rings. The van der Waals surface area contributed by atoms with Crippen molar-refractivity contribution in [3.63, 3.8) is 0 Å². The van der Waals surface area contributed by atoms with Gasteiger partial charge in [-0.25, -0.2) is 9.78 Å². The Morgan fingerprint density at radius 3 is 2.87 bits per heavy atom. The maximum absolute atomic E-state index is 13.1. The Kier molecular flexibility index (Phi) is 6.05. The van der Waals surface area contributed by atoms with Crippen molar-refractivity contribution in [2.45, 2.75) is 19.3 Å². The number of hydrogen-bond donors (Lipinski definition) is 1. The van der Waals surface area contributed by atoms with Crippen LogP contribution in [0.4, 0.5) is 0 Å². The number of amides is 1. The Morgan fingerprint density at radius 2 is 2.07 bits per heavy atom. The molecule has 1 amide bonds. The molecule has 1 aliphatic carbocycles. The van der Waals surface area contributed by atoms with Crippen LogP contribution in [0.1, 0.15) is 39.3 Å². The summed E-state index contributed by atoms with van der Waals surface area (Å²) in [6.07, 6.45) is 6.33. The highest BCUT2D eigenvalue weighted by Crippen LogP contribution is 2.36. The van der Waals surface area contributed by atoms with Crippen molar-refractivity contribution >= 4 is 45.8 Å². The van der Waals surface area contributed by atoms with Gasteiger partial charge in [-0.2, -0.15) is 0 Å². The highest BCUT2D eigenvalue weighted by atomic mass is 32.1. The molecule has 4 rings (SSSR count). The molecule has 30 heavy (non-hydrogen) atoms. The van der Waals surface area contributed by atoms with Crippen LogP contribution < -0.4 is 5.32 Å². The van der Waals surface area contributed by atoms with Crippen LogP contribution in [0.25, 0.3) is 22.6 Å².